The fourth-order valence-electron chi connectivity index (χ4n) is 0.590. The Morgan fingerprint density at radius 3 is 1.80 bits per heavy atom. The normalized spacial score (nSPS) is 9.00. The minimum absolute atomic E-state index is 0. The Labute approximate surface area is 134 Å². The molecule has 0 spiro atoms. The molecule has 0 atom stereocenters. The maximum atomic E-state index is 9.82. The first kappa shape index (κ1) is 22.0. The molecule has 78 valence electrons. The Kier molecular flexibility index (Phi) is 26.7. The van der Waals surface area contributed by atoms with Crippen LogP contribution in [0.15, 0.2) is 0 Å². The monoisotopic (exact) mass is 238 g/mol. The fourth-order valence-corrected chi connectivity index (χ4v) is 0.590. The largest absolute Gasteiger partial charge is 1.00 e. The predicted molar refractivity (Wildman–Crippen MR) is 40.4 cm³/mol. The third-order valence-electron chi connectivity index (χ3n) is 1.09. The SMILES string of the molecule is [Na+].[Na+].[O-]B([O-])OCCOCCOCCO. The number of rotatable bonds is 9. The summed E-state index contributed by atoms with van der Waals surface area (Å²) in [5.41, 5.74) is 0. The molecule has 6 nitrogen and oxygen atoms in total. The van der Waals surface area contributed by atoms with Gasteiger partial charge in [0.1, 0.15) is 0 Å². The van der Waals surface area contributed by atoms with Crippen LogP contribution in [-0.4, -0.2) is 52.1 Å². The molecule has 0 saturated carbocycles. The predicted octanol–water partition coefficient (Wildman–Crippen LogP) is -9.26. The molecule has 0 aromatic rings. The van der Waals surface area contributed by atoms with Gasteiger partial charge in [0.05, 0.1) is 40.4 Å². The minimum Gasteiger partial charge on any atom is -0.871 e. The molecule has 0 aromatic carbocycles. The molecule has 0 saturated heterocycles. The van der Waals surface area contributed by atoms with Crippen molar-refractivity contribution in [2.45, 2.75) is 0 Å². The second kappa shape index (κ2) is 18.2. The van der Waals surface area contributed by atoms with Crippen molar-refractivity contribution in [3.63, 3.8) is 0 Å². The zero-order chi connectivity index (χ0) is 9.94. The summed E-state index contributed by atoms with van der Waals surface area (Å²) in [6, 6.07) is 0. The van der Waals surface area contributed by atoms with E-state index < -0.39 is 7.32 Å². The first-order valence-electron chi connectivity index (χ1n) is 3.97. The van der Waals surface area contributed by atoms with Gasteiger partial charge >= 0.3 is 59.1 Å². The number of aliphatic hydroxyl groups is 1. The van der Waals surface area contributed by atoms with Crippen LogP contribution in [0.2, 0.25) is 0 Å². The fraction of sp³-hybridized carbons (Fsp3) is 1.00. The van der Waals surface area contributed by atoms with Crippen LogP contribution >= 0.6 is 0 Å². The van der Waals surface area contributed by atoms with Gasteiger partial charge < -0.3 is 29.3 Å². The second-order valence-electron chi connectivity index (χ2n) is 2.11. The van der Waals surface area contributed by atoms with E-state index in [0.717, 1.165) is 0 Å². The van der Waals surface area contributed by atoms with Gasteiger partial charge in [-0.2, -0.15) is 0 Å². The van der Waals surface area contributed by atoms with Gasteiger partial charge in [-0.25, -0.2) is 0 Å². The molecule has 0 heterocycles. The van der Waals surface area contributed by atoms with E-state index in [9.17, 15) is 10.0 Å². The first-order chi connectivity index (χ1) is 6.27. The van der Waals surface area contributed by atoms with E-state index in [1.807, 2.05) is 0 Å². The van der Waals surface area contributed by atoms with E-state index in [4.69, 9.17) is 14.6 Å². The summed E-state index contributed by atoms with van der Waals surface area (Å²) >= 11 is 0. The number of hydrogen-bond donors (Lipinski definition) is 1. The molecule has 9 heteroatoms. The maximum absolute atomic E-state index is 9.82. The van der Waals surface area contributed by atoms with Crippen molar-refractivity contribution in [3.8, 4) is 0 Å². The van der Waals surface area contributed by atoms with Crippen LogP contribution in [0.1, 0.15) is 0 Å². The van der Waals surface area contributed by atoms with Crippen LogP contribution in [0.25, 0.3) is 0 Å². The number of ether oxygens (including phenoxy) is 2. The molecule has 0 unspecified atom stereocenters. The Morgan fingerprint density at radius 2 is 1.33 bits per heavy atom. The van der Waals surface area contributed by atoms with Crippen LogP contribution < -0.4 is 69.2 Å². The molecule has 0 fully saturated rings. The summed E-state index contributed by atoms with van der Waals surface area (Å²) in [6.45, 7) is 1.19. The van der Waals surface area contributed by atoms with Crippen molar-refractivity contribution >= 4 is 7.32 Å². The molecule has 15 heavy (non-hydrogen) atoms. The topological polar surface area (TPSA) is 94.0 Å². The zero-order valence-electron chi connectivity index (χ0n) is 9.31. The van der Waals surface area contributed by atoms with Gasteiger partial charge in [0.2, 0.25) is 0 Å². The van der Waals surface area contributed by atoms with Gasteiger partial charge in [-0.05, 0) is 0 Å². The summed E-state index contributed by atoms with van der Waals surface area (Å²) in [5, 5.41) is 27.9. The summed E-state index contributed by atoms with van der Waals surface area (Å²) in [5.74, 6) is 0. The van der Waals surface area contributed by atoms with Crippen molar-refractivity contribution in [2.24, 2.45) is 0 Å². The quantitative estimate of drug-likeness (QED) is 0.316. The van der Waals surface area contributed by atoms with Crippen LogP contribution in [0.4, 0.5) is 0 Å². The standard InChI is InChI=1S/C6H13BO6.2Na/c8-1-2-11-3-4-12-5-6-13-7(9)10;;/h8H,1-6H2;;/q-2;2*+1. The molecule has 0 amide bonds. The van der Waals surface area contributed by atoms with E-state index >= 15 is 0 Å². The third kappa shape index (κ3) is 21.6. The Morgan fingerprint density at radius 1 is 0.867 bits per heavy atom. The summed E-state index contributed by atoms with van der Waals surface area (Å²) in [6.07, 6.45) is 0. The Balaban J connectivity index is -0.000000720. The van der Waals surface area contributed by atoms with Crippen molar-refractivity contribution in [2.75, 3.05) is 39.6 Å². The molecule has 0 rings (SSSR count). The number of aliphatic hydroxyl groups excluding tert-OH is 1. The van der Waals surface area contributed by atoms with Crippen LogP contribution in [0.3, 0.4) is 0 Å². The van der Waals surface area contributed by atoms with E-state index in [1.54, 1.807) is 0 Å². The van der Waals surface area contributed by atoms with E-state index in [0.29, 0.717) is 13.2 Å². The molecule has 1 N–H and O–H groups in total. The molecule has 0 aliphatic carbocycles. The van der Waals surface area contributed by atoms with Crippen molar-refractivity contribution in [3.05, 3.63) is 0 Å². The summed E-state index contributed by atoms with van der Waals surface area (Å²) < 4.78 is 13.9. The van der Waals surface area contributed by atoms with Gasteiger partial charge in [-0.15, -0.1) is 0 Å². The molecular formula is C6H13BNa2O6. The smallest absolute Gasteiger partial charge is 0.871 e. The molecule has 0 aliphatic heterocycles. The van der Waals surface area contributed by atoms with Crippen molar-refractivity contribution < 1.29 is 88.4 Å². The average molecular weight is 238 g/mol. The van der Waals surface area contributed by atoms with Crippen LogP contribution in [-0.2, 0) is 14.1 Å². The van der Waals surface area contributed by atoms with Gasteiger partial charge in [0.25, 0.3) is 0 Å². The van der Waals surface area contributed by atoms with Crippen molar-refractivity contribution in [1.29, 1.82) is 0 Å². The molecule has 0 aromatic heterocycles. The van der Waals surface area contributed by atoms with Gasteiger partial charge in [0, 0.05) is 6.61 Å². The van der Waals surface area contributed by atoms with Gasteiger partial charge in [0.15, 0.2) is 0 Å². The first-order valence-corrected chi connectivity index (χ1v) is 3.97. The summed E-state index contributed by atoms with van der Waals surface area (Å²) in [7, 11) is -2.24. The van der Waals surface area contributed by atoms with Gasteiger partial charge in [-0.1, -0.05) is 0 Å². The molecule has 0 bridgehead atoms. The third-order valence-corrected chi connectivity index (χ3v) is 1.09. The second-order valence-corrected chi connectivity index (χ2v) is 2.11. The molecule has 0 radical (unpaired) electrons. The summed E-state index contributed by atoms with van der Waals surface area (Å²) in [4.78, 5) is 0. The van der Waals surface area contributed by atoms with Crippen molar-refractivity contribution in [1.82, 2.24) is 0 Å². The average Bonchev–Trinajstić information content (AvgIpc) is 2.09. The zero-order valence-corrected chi connectivity index (χ0v) is 13.3. The maximum Gasteiger partial charge on any atom is 1.00 e. The van der Waals surface area contributed by atoms with E-state index in [-0.39, 0.29) is 85.5 Å². The van der Waals surface area contributed by atoms with Crippen LogP contribution in [0.5, 0.6) is 0 Å². The minimum atomic E-state index is -2.24. The number of hydrogen-bond acceptors (Lipinski definition) is 6. The van der Waals surface area contributed by atoms with E-state index in [2.05, 4.69) is 4.65 Å². The Hall–Kier alpha value is 1.82. The van der Waals surface area contributed by atoms with E-state index in [1.165, 1.54) is 0 Å². The molecule has 0 aliphatic rings. The van der Waals surface area contributed by atoms with Crippen LogP contribution in [0, 0.1) is 0 Å². The Bertz CT molecular complexity index is 110. The molecular weight excluding hydrogens is 225 g/mol. The van der Waals surface area contributed by atoms with Gasteiger partial charge in [-0.3, -0.25) is 0 Å².